The van der Waals surface area contributed by atoms with E-state index in [0.29, 0.717) is 46.2 Å². The maximum Gasteiger partial charge on any atom is 0.272 e. The third kappa shape index (κ3) is 9.37. The van der Waals surface area contributed by atoms with Gasteiger partial charge < -0.3 is 24.8 Å². The molecule has 0 aliphatic heterocycles. The molecule has 2 amide bonds. The van der Waals surface area contributed by atoms with Crippen LogP contribution in [-0.4, -0.2) is 37.6 Å². The first kappa shape index (κ1) is 33.6. The summed E-state index contributed by atoms with van der Waals surface area (Å²) in [6, 6.07) is 38.0. The number of hydrogen-bond acceptors (Lipinski definition) is 7. The van der Waals surface area contributed by atoms with Crippen LogP contribution in [0, 0.1) is 0 Å². The van der Waals surface area contributed by atoms with E-state index in [2.05, 4.69) is 10.6 Å². The molecule has 5 aromatic rings. The van der Waals surface area contributed by atoms with E-state index in [1.807, 2.05) is 72.8 Å². The van der Waals surface area contributed by atoms with Crippen molar-refractivity contribution < 1.29 is 28.6 Å². The molecule has 0 aliphatic carbocycles. The molecule has 48 heavy (non-hydrogen) atoms. The van der Waals surface area contributed by atoms with Crippen molar-refractivity contribution in [1.29, 1.82) is 0 Å². The van der Waals surface area contributed by atoms with Crippen molar-refractivity contribution >= 4 is 41.1 Å². The number of methoxy groups -OCH3 is 2. The smallest absolute Gasteiger partial charge is 0.272 e. The summed E-state index contributed by atoms with van der Waals surface area (Å²) in [4.78, 5) is 40.2. The van der Waals surface area contributed by atoms with Crippen LogP contribution >= 0.6 is 11.8 Å². The highest BCUT2D eigenvalue weighted by atomic mass is 32.2. The molecule has 5 rings (SSSR count). The molecular formula is C39H34N2O6S. The van der Waals surface area contributed by atoms with Gasteiger partial charge in [0, 0.05) is 21.7 Å². The molecule has 0 aromatic heterocycles. The van der Waals surface area contributed by atoms with Gasteiger partial charge in [0.1, 0.15) is 18.1 Å². The number of ether oxygens (including phenoxy) is 3. The van der Waals surface area contributed by atoms with E-state index in [-0.39, 0.29) is 17.2 Å². The molecule has 5 aromatic carbocycles. The molecule has 0 heterocycles. The number of anilines is 1. The number of carbonyl (C=O) groups excluding carboxylic acids is 3. The van der Waals surface area contributed by atoms with Crippen LogP contribution in [0.25, 0.3) is 6.08 Å². The summed E-state index contributed by atoms with van der Waals surface area (Å²) in [6.07, 6.45) is 1.61. The summed E-state index contributed by atoms with van der Waals surface area (Å²) in [5.74, 6) is 0.983. The minimum Gasteiger partial charge on any atom is -0.493 e. The van der Waals surface area contributed by atoms with Gasteiger partial charge in [-0.05, 0) is 83.9 Å². The highest BCUT2D eigenvalue weighted by molar-refractivity contribution is 8.00. The molecule has 9 heteroatoms. The van der Waals surface area contributed by atoms with Crippen LogP contribution in [0.4, 0.5) is 5.69 Å². The lowest BCUT2D eigenvalue weighted by atomic mass is 10.1. The van der Waals surface area contributed by atoms with Gasteiger partial charge in [-0.25, -0.2) is 0 Å². The Labute approximate surface area is 283 Å². The van der Waals surface area contributed by atoms with Gasteiger partial charge in [0.25, 0.3) is 11.8 Å². The Kier molecular flexibility index (Phi) is 11.7. The minimum atomic E-state index is -0.493. The third-order valence-corrected chi connectivity index (χ3v) is 8.17. The first-order valence-electron chi connectivity index (χ1n) is 15.1. The van der Waals surface area contributed by atoms with Crippen molar-refractivity contribution in [3.63, 3.8) is 0 Å². The second-order valence-electron chi connectivity index (χ2n) is 10.5. The fraction of sp³-hybridized carbons (Fsp3) is 0.103. The zero-order valence-electron chi connectivity index (χ0n) is 26.5. The average Bonchev–Trinajstić information content (AvgIpc) is 3.14. The number of ketones is 1. The molecular weight excluding hydrogens is 625 g/mol. The van der Waals surface area contributed by atoms with E-state index in [9.17, 15) is 14.4 Å². The van der Waals surface area contributed by atoms with Gasteiger partial charge in [0.05, 0.1) is 20.0 Å². The third-order valence-electron chi connectivity index (χ3n) is 7.16. The van der Waals surface area contributed by atoms with Gasteiger partial charge in [-0.1, -0.05) is 60.7 Å². The monoisotopic (exact) mass is 658 g/mol. The number of benzene rings is 5. The van der Waals surface area contributed by atoms with E-state index in [1.54, 1.807) is 67.8 Å². The first-order valence-corrected chi connectivity index (χ1v) is 16.0. The number of Topliss-reactive ketones (excluding diaryl/α,β-unsaturated/α-hetero) is 1. The van der Waals surface area contributed by atoms with E-state index in [0.717, 1.165) is 10.5 Å². The molecule has 0 saturated heterocycles. The van der Waals surface area contributed by atoms with E-state index in [4.69, 9.17) is 14.2 Å². The first-order chi connectivity index (χ1) is 23.4. The summed E-state index contributed by atoms with van der Waals surface area (Å²) in [5, 5.41) is 5.62. The van der Waals surface area contributed by atoms with Crippen molar-refractivity contribution in [2.45, 2.75) is 11.5 Å². The van der Waals surface area contributed by atoms with E-state index in [1.165, 1.54) is 18.9 Å². The van der Waals surface area contributed by atoms with Crippen molar-refractivity contribution in [1.82, 2.24) is 5.32 Å². The largest absolute Gasteiger partial charge is 0.493 e. The minimum absolute atomic E-state index is 0.0574. The number of amides is 2. The quantitative estimate of drug-likeness (QED) is 0.0717. The molecule has 0 spiro atoms. The Hall–Kier alpha value is -5.80. The summed E-state index contributed by atoms with van der Waals surface area (Å²) in [6.45, 7) is 0.433. The maximum absolute atomic E-state index is 13.5. The normalized spacial score (nSPS) is 10.9. The molecule has 0 radical (unpaired) electrons. The van der Waals surface area contributed by atoms with Crippen molar-refractivity contribution in [2.24, 2.45) is 0 Å². The number of nitrogens with one attached hydrogen (secondary N) is 2. The van der Waals surface area contributed by atoms with Crippen molar-refractivity contribution in [3.8, 4) is 17.2 Å². The van der Waals surface area contributed by atoms with Gasteiger partial charge in [0.15, 0.2) is 17.3 Å². The summed E-state index contributed by atoms with van der Waals surface area (Å²) in [7, 11) is 3.07. The second-order valence-corrected chi connectivity index (χ2v) is 11.5. The molecule has 0 unspecified atom stereocenters. The molecule has 0 fully saturated rings. The van der Waals surface area contributed by atoms with Gasteiger partial charge in [-0.2, -0.15) is 0 Å². The Morgan fingerprint density at radius 1 is 0.708 bits per heavy atom. The highest BCUT2D eigenvalue weighted by Gasteiger charge is 2.16. The average molecular weight is 659 g/mol. The maximum atomic E-state index is 13.5. The summed E-state index contributed by atoms with van der Waals surface area (Å²) in [5.41, 5.74) is 3.30. The van der Waals surface area contributed by atoms with Crippen molar-refractivity contribution in [2.75, 3.05) is 25.3 Å². The molecule has 8 nitrogen and oxygen atoms in total. The SMILES string of the molecule is COc1ccc(C(=O)CSc2ccc(NC(=O)/C(=C/c3ccc(OCc4ccccc4)cc3)NC(=O)c3ccccc3)cc2)cc1OC. The van der Waals surface area contributed by atoms with Crippen molar-refractivity contribution in [3.05, 3.63) is 155 Å². The zero-order chi connectivity index (χ0) is 33.7. The number of carbonyl (C=O) groups is 3. The second kappa shape index (κ2) is 16.7. The standard InChI is InChI=1S/C39H34N2O6S/c1-45-36-22-15-30(24-37(36)46-2)35(42)26-48-33-20-16-31(17-21-33)40-39(44)34(41-38(43)29-11-7-4-8-12-29)23-27-13-18-32(19-14-27)47-25-28-9-5-3-6-10-28/h3-24H,25-26H2,1-2H3,(H,40,44)(H,41,43)/b34-23-. The number of thioether (sulfide) groups is 1. The van der Waals surface area contributed by atoms with E-state index < -0.39 is 11.8 Å². The Balaban J connectivity index is 1.24. The lowest BCUT2D eigenvalue weighted by Gasteiger charge is -2.12. The fourth-order valence-corrected chi connectivity index (χ4v) is 5.38. The summed E-state index contributed by atoms with van der Waals surface area (Å²) >= 11 is 1.38. The molecule has 2 N–H and O–H groups in total. The lowest BCUT2D eigenvalue weighted by molar-refractivity contribution is -0.113. The fourth-order valence-electron chi connectivity index (χ4n) is 4.59. The number of hydrogen-bond donors (Lipinski definition) is 2. The van der Waals surface area contributed by atoms with Crippen LogP contribution in [0.15, 0.2) is 138 Å². The molecule has 0 atom stereocenters. The molecule has 0 aliphatic rings. The van der Waals surface area contributed by atoms with Crippen LogP contribution in [0.3, 0.4) is 0 Å². The van der Waals surface area contributed by atoms with Crippen LogP contribution in [0.1, 0.15) is 31.8 Å². The predicted octanol–water partition coefficient (Wildman–Crippen LogP) is 7.67. The number of rotatable bonds is 14. The Bertz CT molecular complexity index is 1880. The predicted molar refractivity (Wildman–Crippen MR) is 189 cm³/mol. The summed E-state index contributed by atoms with van der Waals surface area (Å²) < 4.78 is 16.4. The van der Waals surface area contributed by atoms with Crippen LogP contribution in [-0.2, 0) is 11.4 Å². The van der Waals surface area contributed by atoms with Crippen LogP contribution in [0.2, 0.25) is 0 Å². The highest BCUT2D eigenvalue weighted by Crippen LogP contribution is 2.29. The Morgan fingerprint density at radius 2 is 1.38 bits per heavy atom. The lowest BCUT2D eigenvalue weighted by Crippen LogP contribution is -2.30. The molecule has 0 saturated carbocycles. The topological polar surface area (TPSA) is 103 Å². The van der Waals surface area contributed by atoms with Crippen LogP contribution < -0.4 is 24.8 Å². The van der Waals surface area contributed by atoms with Gasteiger partial charge >= 0.3 is 0 Å². The molecule has 242 valence electrons. The molecule has 0 bridgehead atoms. The van der Waals surface area contributed by atoms with E-state index >= 15 is 0 Å². The van der Waals surface area contributed by atoms with Gasteiger partial charge in [-0.3, -0.25) is 14.4 Å². The van der Waals surface area contributed by atoms with Gasteiger partial charge in [0.2, 0.25) is 0 Å². The van der Waals surface area contributed by atoms with Gasteiger partial charge in [-0.15, -0.1) is 11.8 Å². The zero-order valence-corrected chi connectivity index (χ0v) is 27.3. The Morgan fingerprint density at radius 3 is 2.04 bits per heavy atom. The van der Waals surface area contributed by atoms with Crippen LogP contribution in [0.5, 0.6) is 17.2 Å².